The number of non-ortho nitro benzene ring substituents is 1. The summed E-state index contributed by atoms with van der Waals surface area (Å²) in [5.74, 6) is -1.13. The van der Waals surface area contributed by atoms with Gasteiger partial charge < -0.3 is 0 Å². The van der Waals surface area contributed by atoms with Crippen molar-refractivity contribution in [1.82, 2.24) is 16.2 Å². The number of amides is 2. The van der Waals surface area contributed by atoms with Gasteiger partial charge in [0.25, 0.3) is 11.6 Å². The number of carbonyl (C=O) groups excluding carboxylic acids is 2. The molecule has 3 N–H and O–H groups in total. The lowest BCUT2D eigenvalue weighted by Crippen LogP contribution is -2.48. The van der Waals surface area contributed by atoms with E-state index < -0.39 is 16.7 Å². The number of benzene rings is 2. The lowest BCUT2D eigenvalue weighted by Gasteiger charge is -2.10. The maximum atomic E-state index is 12.0. The Morgan fingerprint density at radius 1 is 1.07 bits per heavy atom. The number of carbonyl (C=O) groups is 2. The summed E-state index contributed by atoms with van der Waals surface area (Å²) < 4.78 is 0. The van der Waals surface area contributed by atoms with Crippen LogP contribution >= 0.6 is 35.4 Å². The first-order valence-corrected chi connectivity index (χ1v) is 8.71. The Morgan fingerprint density at radius 2 is 1.75 bits per heavy atom. The third kappa shape index (κ3) is 6.31. The van der Waals surface area contributed by atoms with Crippen LogP contribution in [0, 0.1) is 10.1 Å². The number of hydrogen-bond donors (Lipinski definition) is 3. The number of nitrogens with one attached hydrogen (secondary N) is 3. The second kappa shape index (κ2) is 9.79. The zero-order chi connectivity index (χ0) is 20.7. The third-order valence-electron chi connectivity index (χ3n) is 3.23. The Balaban J connectivity index is 1.84. The van der Waals surface area contributed by atoms with Gasteiger partial charge in [0.2, 0.25) is 5.91 Å². The molecule has 0 aliphatic rings. The average molecular weight is 439 g/mol. The molecule has 0 radical (unpaired) electrons. The second-order valence-corrected chi connectivity index (χ2v) is 6.46. The van der Waals surface area contributed by atoms with Crippen molar-refractivity contribution in [2.45, 2.75) is 0 Å². The summed E-state index contributed by atoms with van der Waals surface area (Å²) >= 11 is 16.6. The Hall–Kier alpha value is -3.01. The van der Waals surface area contributed by atoms with Gasteiger partial charge in [-0.3, -0.25) is 35.9 Å². The van der Waals surface area contributed by atoms with Crippen molar-refractivity contribution in [3.05, 3.63) is 79.8 Å². The molecule has 0 spiro atoms. The van der Waals surface area contributed by atoms with E-state index in [0.717, 1.165) is 0 Å². The first kappa shape index (κ1) is 21.3. The number of rotatable bonds is 4. The lowest BCUT2D eigenvalue weighted by molar-refractivity contribution is -0.384. The summed E-state index contributed by atoms with van der Waals surface area (Å²) in [5, 5.41) is 13.3. The van der Waals surface area contributed by atoms with Crippen LogP contribution in [0.3, 0.4) is 0 Å². The van der Waals surface area contributed by atoms with Crippen molar-refractivity contribution in [3.63, 3.8) is 0 Å². The molecule has 0 heterocycles. The fourth-order valence-electron chi connectivity index (χ4n) is 1.92. The van der Waals surface area contributed by atoms with E-state index in [1.165, 1.54) is 54.6 Å². The zero-order valence-corrected chi connectivity index (χ0v) is 16.3. The minimum Gasteiger partial charge on any atom is -0.298 e. The van der Waals surface area contributed by atoms with Gasteiger partial charge in [-0.2, -0.15) is 0 Å². The van der Waals surface area contributed by atoms with Crippen LogP contribution in [-0.4, -0.2) is 21.9 Å². The predicted octanol–water partition coefficient (Wildman–Crippen LogP) is 3.25. The summed E-state index contributed by atoms with van der Waals surface area (Å²) in [7, 11) is 0. The summed E-state index contributed by atoms with van der Waals surface area (Å²) in [5.41, 5.74) is 5.37. The number of nitro groups is 1. The highest BCUT2D eigenvalue weighted by molar-refractivity contribution is 7.80. The van der Waals surface area contributed by atoms with Crippen LogP contribution in [0.2, 0.25) is 10.0 Å². The molecule has 0 saturated heterocycles. The number of thiocarbonyl (C=S) groups is 1. The molecule has 0 unspecified atom stereocenters. The maximum Gasteiger partial charge on any atom is 0.271 e. The van der Waals surface area contributed by atoms with Crippen molar-refractivity contribution in [2.24, 2.45) is 0 Å². The van der Waals surface area contributed by atoms with Crippen LogP contribution in [-0.2, 0) is 4.79 Å². The Morgan fingerprint density at radius 3 is 2.36 bits per heavy atom. The monoisotopic (exact) mass is 438 g/mol. The molecule has 144 valence electrons. The molecule has 28 heavy (non-hydrogen) atoms. The van der Waals surface area contributed by atoms with E-state index in [2.05, 4.69) is 16.2 Å². The maximum absolute atomic E-state index is 12.0. The standard InChI is InChI=1S/C17H12Cl2N4O4S/c18-11-4-7-13(14(19)9-11)16(25)21-22-17(28)20-15(24)8-3-10-1-5-12(6-2-10)23(26)27/h1-9H,(H,21,25)(H2,20,22,24,28)/b8-3+. The number of hydrazine groups is 1. The van der Waals surface area contributed by atoms with E-state index in [1.54, 1.807) is 0 Å². The Bertz CT molecular complexity index is 964. The molecule has 8 nitrogen and oxygen atoms in total. The van der Waals surface area contributed by atoms with Gasteiger partial charge in [-0.25, -0.2) is 0 Å². The average Bonchev–Trinajstić information content (AvgIpc) is 2.64. The second-order valence-electron chi connectivity index (χ2n) is 5.20. The summed E-state index contributed by atoms with van der Waals surface area (Å²) in [4.78, 5) is 33.9. The van der Waals surface area contributed by atoms with Crippen LogP contribution in [0.4, 0.5) is 5.69 Å². The molecule has 0 aliphatic carbocycles. The van der Waals surface area contributed by atoms with E-state index in [0.29, 0.717) is 10.6 Å². The van der Waals surface area contributed by atoms with Crippen LogP contribution in [0.25, 0.3) is 6.08 Å². The number of halogens is 2. The SMILES string of the molecule is O=C(/C=C/c1ccc([N+](=O)[O-])cc1)NC(=S)NNC(=O)c1ccc(Cl)cc1Cl. The van der Waals surface area contributed by atoms with Gasteiger partial charge in [0.15, 0.2) is 5.11 Å². The highest BCUT2D eigenvalue weighted by atomic mass is 35.5. The van der Waals surface area contributed by atoms with Gasteiger partial charge in [-0.15, -0.1) is 0 Å². The van der Waals surface area contributed by atoms with Crippen molar-refractivity contribution in [3.8, 4) is 0 Å². The van der Waals surface area contributed by atoms with Crippen molar-refractivity contribution in [1.29, 1.82) is 0 Å². The summed E-state index contributed by atoms with van der Waals surface area (Å²) in [6.45, 7) is 0. The lowest BCUT2D eigenvalue weighted by atomic mass is 10.2. The molecule has 0 saturated carbocycles. The third-order valence-corrected chi connectivity index (χ3v) is 3.99. The highest BCUT2D eigenvalue weighted by Crippen LogP contribution is 2.20. The molecule has 0 fully saturated rings. The number of hydrogen-bond acceptors (Lipinski definition) is 5. The summed E-state index contributed by atoms with van der Waals surface area (Å²) in [6, 6.07) is 9.99. The first-order valence-electron chi connectivity index (χ1n) is 7.55. The van der Waals surface area contributed by atoms with Crippen molar-refractivity contribution in [2.75, 3.05) is 0 Å². The molecule has 0 bridgehead atoms. The molecule has 2 aromatic carbocycles. The highest BCUT2D eigenvalue weighted by Gasteiger charge is 2.11. The van der Waals surface area contributed by atoms with E-state index in [4.69, 9.17) is 35.4 Å². The van der Waals surface area contributed by atoms with E-state index in [1.807, 2.05) is 0 Å². The number of nitrogens with zero attached hydrogens (tertiary/aromatic N) is 1. The van der Waals surface area contributed by atoms with Crippen LogP contribution in [0.1, 0.15) is 15.9 Å². The Labute approximate surface area is 174 Å². The molecular formula is C17H12Cl2N4O4S. The van der Waals surface area contributed by atoms with Gasteiger partial charge in [-0.1, -0.05) is 23.2 Å². The van der Waals surface area contributed by atoms with Gasteiger partial charge in [0, 0.05) is 23.2 Å². The topological polar surface area (TPSA) is 113 Å². The minimum atomic E-state index is -0.570. The van der Waals surface area contributed by atoms with Crippen LogP contribution < -0.4 is 16.2 Å². The molecule has 2 aromatic rings. The van der Waals surface area contributed by atoms with E-state index >= 15 is 0 Å². The largest absolute Gasteiger partial charge is 0.298 e. The summed E-state index contributed by atoms with van der Waals surface area (Å²) in [6.07, 6.45) is 2.64. The van der Waals surface area contributed by atoms with E-state index in [9.17, 15) is 19.7 Å². The first-order chi connectivity index (χ1) is 13.3. The molecule has 11 heteroatoms. The zero-order valence-electron chi connectivity index (χ0n) is 13.9. The fourth-order valence-corrected chi connectivity index (χ4v) is 2.56. The predicted molar refractivity (Wildman–Crippen MR) is 110 cm³/mol. The number of nitro benzene ring substituents is 1. The normalized spacial score (nSPS) is 10.4. The van der Waals surface area contributed by atoms with Crippen LogP contribution in [0.15, 0.2) is 48.5 Å². The van der Waals surface area contributed by atoms with Gasteiger partial charge >= 0.3 is 0 Å². The van der Waals surface area contributed by atoms with Crippen molar-refractivity contribution < 1.29 is 14.5 Å². The van der Waals surface area contributed by atoms with E-state index in [-0.39, 0.29) is 21.4 Å². The molecule has 2 amide bonds. The van der Waals surface area contributed by atoms with Gasteiger partial charge in [0.1, 0.15) is 0 Å². The van der Waals surface area contributed by atoms with Gasteiger partial charge in [0.05, 0.1) is 15.5 Å². The fraction of sp³-hybridized carbons (Fsp3) is 0. The smallest absolute Gasteiger partial charge is 0.271 e. The van der Waals surface area contributed by atoms with Crippen LogP contribution in [0.5, 0.6) is 0 Å². The molecule has 2 rings (SSSR count). The molecule has 0 aliphatic heterocycles. The minimum absolute atomic E-state index is 0.0523. The quantitative estimate of drug-likeness (QED) is 0.292. The molecule has 0 aromatic heterocycles. The Kier molecular flexibility index (Phi) is 7.44. The molecule has 0 atom stereocenters. The molecular weight excluding hydrogens is 427 g/mol. The van der Waals surface area contributed by atoms with Crippen molar-refractivity contribution >= 4 is 64.1 Å². The van der Waals surface area contributed by atoms with Gasteiger partial charge in [-0.05, 0) is 54.2 Å².